The Morgan fingerprint density at radius 1 is 1.05 bits per heavy atom. The van der Waals surface area contributed by atoms with E-state index in [-0.39, 0.29) is 0 Å². The lowest BCUT2D eigenvalue weighted by Crippen LogP contribution is -1.72. The van der Waals surface area contributed by atoms with Crippen LogP contribution in [0.2, 0.25) is 5.02 Å². The molecule has 3 rings (SSSR count). The van der Waals surface area contributed by atoms with Gasteiger partial charge in [0.05, 0.1) is 0 Å². The summed E-state index contributed by atoms with van der Waals surface area (Å²) in [5.41, 5.74) is 2.59. The number of fused-ring (bicyclic) bond motifs is 1. The molecule has 0 saturated carbocycles. The van der Waals surface area contributed by atoms with Crippen LogP contribution in [0.1, 0.15) is 11.5 Å². The van der Waals surface area contributed by atoms with Crippen LogP contribution in [0.5, 0.6) is 0 Å². The largest absolute Gasteiger partial charge is 0.437 e. The number of benzene rings is 2. The summed E-state index contributed by atoms with van der Waals surface area (Å²) in [4.78, 5) is 4.36. The Morgan fingerprint density at radius 2 is 1.84 bits per heavy atom. The highest BCUT2D eigenvalue weighted by molar-refractivity contribution is 9.10. The molecule has 0 aliphatic heterocycles. The van der Waals surface area contributed by atoms with Crippen LogP contribution in [0.15, 0.2) is 51.4 Å². The van der Waals surface area contributed by atoms with Crippen molar-refractivity contribution in [2.45, 2.75) is 0 Å². The van der Waals surface area contributed by atoms with Crippen molar-refractivity contribution in [3.8, 4) is 0 Å². The van der Waals surface area contributed by atoms with E-state index in [1.165, 1.54) is 0 Å². The first-order valence-electron chi connectivity index (χ1n) is 5.70. The van der Waals surface area contributed by atoms with Gasteiger partial charge in [-0.3, -0.25) is 0 Å². The fourth-order valence-corrected chi connectivity index (χ4v) is 2.16. The minimum atomic E-state index is 0.570. The van der Waals surface area contributed by atoms with E-state index in [0.29, 0.717) is 10.9 Å². The maximum absolute atomic E-state index is 5.91. The maximum Gasteiger partial charge on any atom is 0.220 e. The Labute approximate surface area is 123 Å². The van der Waals surface area contributed by atoms with Gasteiger partial charge in [0.2, 0.25) is 5.89 Å². The minimum Gasteiger partial charge on any atom is -0.437 e. The lowest BCUT2D eigenvalue weighted by Gasteiger charge is -1.92. The molecule has 4 heteroatoms. The van der Waals surface area contributed by atoms with E-state index in [4.69, 9.17) is 16.0 Å². The average Bonchev–Trinajstić information content (AvgIpc) is 2.80. The number of rotatable bonds is 2. The summed E-state index contributed by atoms with van der Waals surface area (Å²) >= 11 is 9.32. The van der Waals surface area contributed by atoms with Gasteiger partial charge in [-0.25, -0.2) is 4.98 Å². The predicted octanol–water partition coefficient (Wildman–Crippen LogP) is 5.41. The molecule has 19 heavy (non-hydrogen) atoms. The van der Waals surface area contributed by atoms with E-state index in [1.807, 2.05) is 42.5 Å². The van der Waals surface area contributed by atoms with Crippen molar-refractivity contribution in [3.05, 3.63) is 63.4 Å². The van der Waals surface area contributed by atoms with Crippen molar-refractivity contribution in [1.82, 2.24) is 4.98 Å². The quantitative estimate of drug-likeness (QED) is 0.626. The smallest absolute Gasteiger partial charge is 0.220 e. The number of aromatic nitrogens is 1. The highest BCUT2D eigenvalue weighted by atomic mass is 79.9. The van der Waals surface area contributed by atoms with Crippen LogP contribution in [0, 0.1) is 0 Å². The summed E-state index contributed by atoms with van der Waals surface area (Å²) in [5, 5.41) is 0.657. The van der Waals surface area contributed by atoms with Gasteiger partial charge >= 0.3 is 0 Å². The number of oxazole rings is 1. The van der Waals surface area contributed by atoms with Crippen molar-refractivity contribution in [2.75, 3.05) is 0 Å². The number of nitrogens with zero attached hydrogens (tertiary/aromatic N) is 1. The van der Waals surface area contributed by atoms with Crippen molar-refractivity contribution in [2.24, 2.45) is 0 Å². The van der Waals surface area contributed by atoms with Crippen LogP contribution in [-0.4, -0.2) is 4.98 Å². The van der Waals surface area contributed by atoms with Crippen LogP contribution >= 0.6 is 27.5 Å². The monoisotopic (exact) mass is 333 g/mol. The summed E-state index contributed by atoms with van der Waals surface area (Å²) in [7, 11) is 0. The predicted molar refractivity (Wildman–Crippen MR) is 82.1 cm³/mol. The molecule has 0 N–H and O–H groups in total. The second-order valence-corrected chi connectivity index (χ2v) is 5.40. The van der Waals surface area contributed by atoms with Crippen LogP contribution < -0.4 is 0 Å². The van der Waals surface area contributed by atoms with Gasteiger partial charge in [-0.2, -0.15) is 0 Å². The van der Waals surface area contributed by atoms with Gasteiger partial charge in [-0.1, -0.05) is 39.7 Å². The molecule has 0 unspecified atom stereocenters. The van der Waals surface area contributed by atoms with Gasteiger partial charge in [-0.05, 0) is 42.0 Å². The molecule has 1 heterocycles. The van der Waals surface area contributed by atoms with Gasteiger partial charge in [0, 0.05) is 15.6 Å². The molecule has 0 aliphatic carbocycles. The highest BCUT2D eigenvalue weighted by Gasteiger charge is 2.03. The molecular weight excluding hydrogens is 326 g/mol. The summed E-state index contributed by atoms with van der Waals surface area (Å²) < 4.78 is 6.66. The fraction of sp³-hybridized carbons (Fsp3) is 0. The number of halogens is 2. The molecule has 94 valence electrons. The lowest BCUT2D eigenvalue weighted by atomic mass is 10.2. The van der Waals surface area contributed by atoms with E-state index in [0.717, 1.165) is 21.1 Å². The van der Waals surface area contributed by atoms with E-state index in [1.54, 1.807) is 12.1 Å². The van der Waals surface area contributed by atoms with Gasteiger partial charge in [0.25, 0.3) is 0 Å². The zero-order chi connectivity index (χ0) is 13.2. The molecule has 0 saturated heterocycles. The molecule has 2 aromatic carbocycles. The van der Waals surface area contributed by atoms with Crippen molar-refractivity contribution in [1.29, 1.82) is 0 Å². The molecule has 2 nitrogen and oxygen atoms in total. The van der Waals surface area contributed by atoms with E-state index >= 15 is 0 Å². The third-order valence-electron chi connectivity index (χ3n) is 2.65. The van der Waals surface area contributed by atoms with E-state index in [9.17, 15) is 0 Å². The minimum absolute atomic E-state index is 0.570. The second kappa shape index (κ2) is 5.19. The molecule has 1 aromatic heterocycles. The zero-order valence-corrected chi connectivity index (χ0v) is 12.1. The molecule has 0 spiro atoms. The maximum atomic E-state index is 5.91. The summed E-state index contributed by atoms with van der Waals surface area (Å²) in [6.45, 7) is 0. The SMILES string of the molecule is Clc1ccc2oc(/C=C/c3ccc(Br)cc3)nc2c1. The van der Waals surface area contributed by atoms with Crippen molar-refractivity contribution < 1.29 is 4.42 Å². The Kier molecular flexibility index (Phi) is 3.40. The van der Waals surface area contributed by atoms with Gasteiger partial charge in [0.15, 0.2) is 5.58 Å². The summed E-state index contributed by atoms with van der Waals surface area (Å²) in [5.74, 6) is 0.570. The van der Waals surface area contributed by atoms with Crippen LogP contribution in [0.3, 0.4) is 0 Å². The molecule has 0 fully saturated rings. The second-order valence-electron chi connectivity index (χ2n) is 4.05. The summed E-state index contributed by atoms with van der Waals surface area (Å²) in [6, 6.07) is 13.4. The Balaban J connectivity index is 1.90. The first kappa shape index (κ1) is 12.5. The third kappa shape index (κ3) is 2.88. The Morgan fingerprint density at radius 3 is 2.63 bits per heavy atom. The Hall–Kier alpha value is -1.58. The Bertz CT molecular complexity index is 746. The van der Waals surface area contributed by atoms with Gasteiger partial charge in [0.1, 0.15) is 5.52 Å². The zero-order valence-electron chi connectivity index (χ0n) is 9.81. The molecule has 3 aromatic rings. The van der Waals surface area contributed by atoms with Crippen molar-refractivity contribution in [3.63, 3.8) is 0 Å². The summed E-state index contributed by atoms with van der Waals surface area (Å²) in [6.07, 6.45) is 3.80. The lowest BCUT2D eigenvalue weighted by molar-refractivity contribution is 0.590. The first-order chi connectivity index (χ1) is 9.20. The van der Waals surface area contributed by atoms with Gasteiger partial charge in [-0.15, -0.1) is 0 Å². The first-order valence-corrected chi connectivity index (χ1v) is 6.87. The number of hydrogen-bond acceptors (Lipinski definition) is 2. The average molecular weight is 335 g/mol. The molecule has 0 amide bonds. The van der Waals surface area contributed by atoms with Crippen molar-refractivity contribution >= 4 is 50.8 Å². The molecule has 0 radical (unpaired) electrons. The third-order valence-corrected chi connectivity index (χ3v) is 3.42. The topological polar surface area (TPSA) is 26.0 Å². The van der Waals surface area contributed by atoms with E-state index in [2.05, 4.69) is 20.9 Å². The molecule has 0 atom stereocenters. The normalized spacial score (nSPS) is 11.5. The number of hydrogen-bond donors (Lipinski definition) is 0. The van der Waals surface area contributed by atoms with Crippen LogP contribution in [-0.2, 0) is 0 Å². The molecule has 0 bridgehead atoms. The van der Waals surface area contributed by atoms with Gasteiger partial charge < -0.3 is 4.42 Å². The van der Waals surface area contributed by atoms with Crippen LogP contribution in [0.4, 0.5) is 0 Å². The standard InChI is InChI=1S/C15H9BrClNO/c16-11-4-1-10(2-5-11)3-8-15-18-13-9-12(17)6-7-14(13)19-15/h1-9H/b8-3+. The fourth-order valence-electron chi connectivity index (χ4n) is 1.73. The highest BCUT2D eigenvalue weighted by Crippen LogP contribution is 2.21. The van der Waals surface area contributed by atoms with Crippen LogP contribution in [0.25, 0.3) is 23.3 Å². The molecule has 0 aliphatic rings. The molecular formula is C15H9BrClNO. The van der Waals surface area contributed by atoms with E-state index < -0.39 is 0 Å².